The third-order valence-electron chi connectivity index (χ3n) is 5.40. The Kier molecular flexibility index (Phi) is 8.14. The number of carbonyl (C=O) groups excluding carboxylic acids is 1. The van der Waals surface area contributed by atoms with Crippen LogP contribution in [0.25, 0.3) is 0 Å². The van der Waals surface area contributed by atoms with Crippen molar-refractivity contribution in [2.45, 2.75) is 55.2 Å². The van der Waals surface area contributed by atoms with Gasteiger partial charge in [-0.3, -0.25) is 4.79 Å². The number of halogens is 2. The fourth-order valence-corrected chi connectivity index (χ4v) is 6.43. The Labute approximate surface area is 186 Å². The summed E-state index contributed by atoms with van der Waals surface area (Å²) in [6.07, 6.45) is 6.34. The quantitative estimate of drug-likeness (QED) is 0.645. The van der Waals surface area contributed by atoms with Gasteiger partial charge in [0.05, 0.1) is 23.8 Å². The van der Waals surface area contributed by atoms with Crippen molar-refractivity contribution in [2.75, 3.05) is 25.2 Å². The molecule has 10 heteroatoms. The molecule has 1 aliphatic heterocycles. The number of benzene rings is 1. The van der Waals surface area contributed by atoms with Crippen LogP contribution in [0, 0.1) is 0 Å². The van der Waals surface area contributed by atoms with E-state index < -0.39 is 16.1 Å². The Hall–Kier alpha value is -0.510. The van der Waals surface area contributed by atoms with Crippen LogP contribution in [0.1, 0.15) is 32.1 Å². The van der Waals surface area contributed by atoms with Gasteiger partial charge in [0, 0.05) is 11.6 Å². The zero-order valence-corrected chi connectivity index (χ0v) is 19.4. The molecule has 0 spiro atoms. The summed E-state index contributed by atoms with van der Waals surface area (Å²) in [7, 11) is -4.01. The molecule has 0 aromatic heterocycles. The summed E-state index contributed by atoms with van der Waals surface area (Å²) in [5.41, 5.74) is 0. The smallest absolute Gasteiger partial charge is 0.242 e. The van der Waals surface area contributed by atoms with Crippen molar-refractivity contribution >= 4 is 50.9 Å². The molecule has 2 aliphatic rings. The average Bonchev–Trinajstić information content (AvgIpc) is 2.71. The lowest BCUT2D eigenvalue weighted by molar-refractivity contribution is -0.151. The van der Waals surface area contributed by atoms with Gasteiger partial charge in [-0.15, -0.1) is 0 Å². The predicted octanol–water partition coefficient (Wildman–Crippen LogP) is 3.56. The highest BCUT2D eigenvalue weighted by molar-refractivity contribution is 7.98. The highest BCUT2D eigenvalue weighted by atomic mass is 35.5. The highest BCUT2D eigenvalue weighted by Gasteiger charge is 2.40. The third kappa shape index (κ3) is 5.60. The van der Waals surface area contributed by atoms with E-state index in [1.54, 1.807) is 11.8 Å². The van der Waals surface area contributed by atoms with E-state index in [1.807, 2.05) is 11.2 Å². The Morgan fingerprint density at radius 2 is 2.10 bits per heavy atom. The van der Waals surface area contributed by atoms with Crippen LogP contribution in [0.5, 0.6) is 0 Å². The molecule has 1 amide bonds. The molecule has 6 nitrogen and oxygen atoms in total. The summed E-state index contributed by atoms with van der Waals surface area (Å²) in [6, 6.07) is 3.42. The number of morpholine rings is 1. The molecule has 1 aliphatic carbocycles. The van der Waals surface area contributed by atoms with E-state index in [0.717, 1.165) is 25.7 Å². The Balaban J connectivity index is 1.83. The number of ether oxygens (including phenoxy) is 1. The van der Waals surface area contributed by atoms with Crippen molar-refractivity contribution in [2.24, 2.45) is 0 Å². The maximum Gasteiger partial charge on any atom is 0.242 e. The van der Waals surface area contributed by atoms with E-state index >= 15 is 0 Å². The lowest BCUT2D eigenvalue weighted by Gasteiger charge is -2.44. The molecule has 0 bridgehead atoms. The molecule has 1 saturated carbocycles. The van der Waals surface area contributed by atoms with Crippen LogP contribution in [0.2, 0.25) is 10.0 Å². The van der Waals surface area contributed by atoms with Crippen molar-refractivity contribution in [3.63, 3.8) is 0 Å². The minimum Gasteiger partial charge on any atom is -0.374 e. The van der Waals surface area contributed by atoms with Crippen LogP contribution in [-0.4, -0.2) is 62.6 Å². The largest absolute Gasteiger partial charge is 0.374 e. The molecule has 1 heterocycles. The number of nitrogens with one attached hydrogen (secondary N) is 1. The first-order valence-corrected chi connectivity index (χ1v) is 13.3. The number of amides is 1. The van der Waals surface area contributed by atoms with Crippen LogP contribution in [0.15, 0.2) is 23.1 Å². The number of hydrogen-bond donors (Lipinski definition) is 1. The highest BCUT2D eigenvalue weighted by Crippen LogP contribution is 2.30. The molecule has 3 atom stereocenters. The van der Waals surface area contributed by atoms with Crippen LogP contribution < -0.4 is 4.72 Å². The summed E-state index contributed by atoms with van der Waals surface area (Å²) in [6.45, 7) is 0.963. The number of carbonyl (C=O) groups is 1. The monoisotopic (exact) mass is 480 g/mol. The average molecular weight is 481 g/mol. The van der Waals surface area contributed by atoms with E-state index in [-0.39, 0.29) is 33.0 Å². The number of nitrogens with zero attached hydrogens (tertiary/aromatic N) is 1. The minimum absolute atomic E-state index is 0.0149. The SMILES string of the molecule is CSCCC(NS(=O)(=O)c1cc(Cl)ccc1Cl)C(=O)N1CCOC2CCCCC21. The maximum atomic E-state index is 13.4. The van der Waals surface area contributed by atoms with Gasteiger partial charge in [-0.25, -0.2) is 8.42 Å². The van der Waals surface area contributed by atoms with E-state index in [9.17, 15) is 13.2 Å². The molecular formula is C19H26Cl2N2O4S2. The molecular weight excluding hydrogens is 455 g/mol. The molecule has 1 aromatic carbocycles. The van der Waals surface area contributed by atoms with Gasteiger partial charge in [-0.2, -0.15) is 16.5 Å². The van der Waals surface area contributed by atoms with E-state index in [1.165, 1.54) is 18.2 Å². The van der Waals surface area contributed by atoms with E-state index in [2.05, 4.69) is 4.72 Å². The van der Waals surface area contributed by atoms with Crippen LogP contribution in [0.3, 0.4) is 0 Å². The summed E-state index contributed by atoms with van der Waals surface area (Å²) in [4.78, 5) is 15.1. The Morgan fingerprint density at radius 1 is 1.34 bits per heavy atom. The van der Waals surface area contributed by atoms with Gasteiger partial charge in [0.2, 0.25) is 15.9 Å². The van der Waals surface area contributed by atoms with Gasteiger partial charge in [0.1, 0.15) is 10.9 Å². The summed E-state index contributed by atoms with van der Waals surface area (Å²) >= 11 is 13.6. The maximum absolute atomic E-state index is 13.4. The van der Waals surface area contributed by atoms with Crippen molar-refractivity contribution in [3.8, 4) is 0 Å². The van der Waals surface area contributed by atoms with Crippen LogP contribution in [-0.2, 0) is 19.6 Å². The van der Waals surface area contributed by atoms with Gasteiger partial charge in [0.15, 0.2) is 0 Å². The zero-order valence-electron chi connectivity index (χ0n) is 16.3. The van der Waals surface area contributed by atoms with Crippen molar-refractivity contribution in [3.05, 3.63) is 28.2 Å². The molecule has 0 radical (unpaired) electrons. The Morgan fingerprint density at radius 3 is 2.86 bits per heavy atom. The summed E-state index contributed by atoms with van der Waals surface area (Å²) in [5, 5.41) is 0.330. The second-order valence-corrected chi connectivity index (χ2v) is 10.8. The molecule has 1 saturated heterocycles. The van der Waals surface area contributed by atoms with Crippen LogP contribution in [0.4, 0.5) is 0 Å². The second-order valence-electron chi connectivity index (χ2n) is 7.32. The first kappa shape index (κ1) is 23.2. The standard InChI is InChI=1S/C19H26Cl2N2O4S2/c1-28-11-8-15(22-29(25,26)18-12-13(20)6-7-14(18)21)19(24)23-9-10-27-17-5-3-2-4-16(17)23/h6-7,12,15-17,22H,2-5,8-11H2,1H3. The zero-order chi connectivity index (χ0) is 21.0. The van der Waals surface area contributed by atoms with Gasteiger partial charge >= 0.3 is 0 Å². The third-order valence-corrected chi connectivity index (χ3v) is 8.24. The molecule has 1 N–H and O–H groups in total. The minimum atomic E-state index is -4.01. The molecule has 2 fully saturated rings. The normalized spacial score (nSPS) is 23.5. The number of rotatable bonds is 7. The van der Waals surface area contributed by atoms with Gasteiger partial charge in [0.25, 0.3) is 0 Å². The number of hydrogen-bond acceptors (Lipinski definition) is 5. The lowest BCUT2D eigenvalue weighted by atomic mass is 9.89. The lowest BCUT2D eigenvalue weighted by Crippen LogP contribution is -2.59. The Bertz CT molecular complexity index is 835. The van der Waals surface area contributed by atoms with E-state index in [0.29, 0.717) is 25.3 Å². The second kappa shape index (κ2) is 10.2. The van der Waals surface area contributed by atoms with Gasteiger partial charge < -0.3 is 9.64 Å². The number of thioether (sulfide) groups is 1. The summed E-state index contributed by atoms with van der Waals surface area (Å²) < 4.78 is 34.4. The van der Waals surface area contributed by atoms with Gasteiger partial charge in [-0.05, 0) is 49.5 Å². The van der Waals surface area contributed by atoms with Crippen molar-refractivity contribution < 1.29 is 17.9 Å². The fraction of sp³-hybridized carbons (Fsp3) is 0.632. The number of fused-ring (bicyclic) bond motifs is 1. The molecule has 162 valence electrons. The number of sulfonamides is 1. The van der Waals surface area contributed by atoms with E-state index in [4.69, 9.17) is 27.9 Å². The fourth-order valence-electron chi connectivity index (χ4n) is 3.97. The first-order chi connectivity index (χ1) is 13.8. The molecule has 1 aromatic rings. The summed E-state index contributed by atoms with van der Waals surface area (Å²) in [5.74, 6) is 0.460. The van der Waals surface area contributed by atoms with Crippen LogP contribution >= 0.6 is 35.0 Å². The molecule has 3 rings (SSSR count). The topological polar surface area (TPSA) is 75.7 Å². The molecule has 29 heavy (non-hydrogen) atoms. The molecule has 3 unspecified atom stereocenters. The van der Waals surface area contributed by atoms with Crippen molar-refractivity contribution in [1.29, 1.82) is 0 Å². The van der Waals surface area contributed by atoms with Crippen molar-refractivity contribution in [1.82, 2.24) is 9.62 Å². The first-order valence-electron chi connectivity index (χ1n) is 9.72. The predicted molar refractivity (Wildman–Crippen MR) is 117 cm³/mol. The van der Waals surface area contributed by atoms with Gasteiger partial charge in [-0.1, -0.05) is 36.0 Å².